The van der Waals surface area contributed by atoms with Gasteiger partial charge in [-0.1, -0.05) is 34.1 Å². The van der Waals surface area contributed by atoms with Crippen LogP contribution >= 0.6 is 0 Å². The third-order valence-electron chi connectivity index (χ3n) is 11.5. The third kappa shape index (κ3) is 5.70. The molecule has 1 saturated heterocycles. The van der Waals surface area contributed by atoms with E-state index in [1.165, 1.54) is 13.3 Å². The maximum atomic E-state index is 14.4. The summed E-state index contributed by atoms with van der Waals surface area (Å²) in [4.78, 5) is 52.8. The van der Waals surface area contributed by atoms with Gasteiger partial charge in [0.05, 0.1) is 30.7 Å². The van der Waals surface area contributed by atoms with E-state index in [4.69, 9.17) is 24.2 Å². The van der Waals surface area contributed by atoms with Gasteiger partial charge in [0, 0.05) is 17.9 Å². The van der Waals surface area contributed by atoms with Gasteiger partial charge < -0.3 is 24.4 Å². The molecule has 1 N–H and O–H groups in total. The van der Waals surface area contributed by atoms with Crippen molar-refractivity contribution in [3.63, 3.8) is 0 Å². The van der Waals surface area contributed by atoms with Crippen molar-refractivity contribution in [3.05, 3.63) is 23.9 Å². The third-order valence-corrected chi connectivity index (χ3v) is 11.5. The summed E-state index contributed by atoms with van der Waals surface area (Å²) < 4.78 is 18.3. The van der Waals surface area contributed by atoms with E-state index in [0.29, 0.717) is 47.2 Å². The number of ketones is 1. The molecule has 3 saturated carbocycles. The number of fused-ring (bicyclic) bond motifs is 9. The lowest BCUT2D eigenvalue weighted by molar-refractivity contribution is -0.141. The first kappa shape index (κ1) is 31.2. The van der Waals surface area contributed by atoms with Crippen LogP contribution in [-0.4, -0.2) is 70.6 Å². The Morgan fingerprint density at radius 3 is 2.54 bits per heavy atom. The first-order valence-corrected chi connectivity index (χ1v) is 17.3. The van der Waals surface area contributed by atoms with Crippen LogP contribution < -0.4 is 14.8 Å². The molecular weight excluding hydrogens is 584 g/mol. The van der Waals surface area contributed by atoms with Gasteiger partial charge in [-0.2, -0.15) is 0 Å². The highest BCUT2D eigenvalue weighted by Gasteiger charge is 2.55. The molecule has 10 atom stereocenters. The van der Waals surface area contributed by atoms with E-state index < -0.39 is 29.7 Å². The number of benzene rings is 1. The zero-order chi connectivity index (χ0) is 32.5. The van der Waals surface area contributed by atoms with Crippen LogP contribution in [0.15, 0.2) is 18.2 Å². The average molecular weight is 633 g/mol. The van der Waals surface area contributed by atoms with Crippen molar-refractivity contribution >= 4 is 28.8 Å². The summed E-state index contributed by atoms with van der Waals surface area (Å²) in [6, 6.07) is 4.15. The number of Topliss-reactive ketones (excluding diaryl/α,β-unsaturated/α-hetero) is 1. The van der Waals surface area contributed by atoms with Crippen LogP contribution in [0.25, 0.3) is 11.0 Å². The normalized spacial score (nSPS) is 35.7. The van der Waals surface area contributed by atoms with E-state index in [0.717, 1.165) is 43.3 Å². The molecule has 2 aliphatic heterocycles. The van der Waals surface area contributed by atoms with Crippen LogP contribution in [0.3, 0.4) is 0 Å². The molecule has 10 nitrogen and oxygen atoms in total. The first-order chi connectivity index (χ1) is 22.0. The molecule has 2 aromatic rings. The molecule has 1 aromatic carbocycles. The van der Waals surface area contributed by atoms with Gasteiger partial charge in [-0.3, -0.25) is 9.59 Å². The number of carbonyl (C=O) groups is 3. The van der Waals surface area contributed by atoms with E-state index in [1.54, 1.807) is 12.0 Å². The van der Waals surface area contributed by atoms with Gasteiger partial charge in [0.15, 0.2) is 5.78 Å². The molecule has 248 valence electrons. The van der Waals surface area contributed by atoms with Gasteiger partial charge in [-0.15, -0.1) is 0 Å². The second-order valence-electron chi connectivity index (χ2n) is 15.5. The molecule has 0 spiro atoms. The number of rotatable bonds is 3. The summed E-state index contributed by atoms with van der Waals surface area (Å²) in [5.74, 6) is 2.91. The number of ether oxygens (including phenoxy) is 3. The summed E-state index contributed by atoms with van der Waals surface area (Å²) in [5, 5.41) is 2.95. The van der Waals surface area contributed by atoms with E-state index in [9.17, 15) is 14.4 Å². The molecule has 5 aliphatic rings. The van der Waals surface area contributed by atoms with Crippen LogP contribution in [0.1, 0.15) is 91.2 Å². The minimum Gasteiger partial charge on any atom is -0.497 e. The van der Waals surface area contributed by atoms with Crippen molar-refractivity contribution in [2.75, 3.05) is 13.7 Å². The molecule has 10 heteroatoms. The maximum absolute atomic E-state index is 14.4. The number of alkyl carbamates (subject to hydrolysis) is 1. The van der Waals surface area contributed by atoms with Gasteiger partial charge in [0.2, 0.25) is 11.8 Å². The van der Waals surface area contributed by atoms with Gasteiger partial charge in [0.1, 0.15) is 29.7 Å². The molecular formula is C36H48N4O6. The monoisotopic (exact) mass is 632 g/mol. The van der Waals surface area contributed by atoms with Crippen molar-refractivity contribution in [2.24, 2.45) is 35.0 Å². The second kappa shape index (κ2) is 11.7. The fourth-order valence-electron chi connectivity index (χ4n) is 8.84. The molecule has 1 aromatic heterocycles. The number of hydrogen-bond donors (Lipinski definition) is 1. The van der Waals surface area contributed by atoms with Crippen LogP contribution in [-0.2, 0) is 14.3 Å². The van der Waals surface area contributed by atoms with Crippen LogP contribution in [0.5, 0.6) is 11.6 Å². The lowest BCUT2D eigenvalue weighted by atomic mass is 9.85. The molecule has 0 radical (unpaired) electrons. The number of methoxy groups -OCH3 is 1. The van der Waals surface area contributed by atoms with Crippen molar-refractivity contribution in [2.45, 2.75) is 110 Å². The quantitative estimate of drug-likeness (QED) is 0.460. The van der Waals surface area contributed by atoms with Crippen molar-refractivity contribution in [3.8, 4) is 11.6 Å². The topological polar surface area (TPSA) is 120 Å². The summed E-state index contributed by atoms with van der Waals surface area (Å²) in [6.07, 6.45) is 5.85. The fraction of sp³-hybridized carbons (Fsp3) is 0.694. The van der Waals surface area contributed by atoms with Gasteiger partial charge >= 0.3 is 6.09 Å². The summed E-state index contributed by atoms with van der Waals surface area (Å²) in [5.41, 5.74) is 1.73. The standard InChI is InChI=1S/C36H48N4O6/c1-7-22-29-17-40(31(22)18(2)41)34(42)32(36(3,4)5)39-35(43)46-28-15-20-14-24(20)23(28)10-8-9-19-13-25(19)30-33(45-29)38-27-16-21(44-6)11-12-26(27)37-30/h11-12,16,19-20,22-25,28-29,31-32H,7-10,13-15,17H2,1-6H3,(H,39,43)/t19?,20?,22-,23-,24?,25?,28-,29+,31-,32-/m1/s1. The van der Waals surface area contributed by atoms with E-state index in [2.05, 4.69) is 5.32 Å². The highest BCUT2D eigenvalue weighted by Crippen LogP contribution is 2.59. The number of aromatic nitrogens is 2. The molecule has 3 aliphatic carbocycles. The Morgan fingerprint density at radius 2 is 1.83 bits per heavy atom. The molecule has 7 rings (SSSR count). The number of nitrogens with zero attached hydrogens (tertiary/aromatic N) is 3. The van der Waals surface area contributed by atoms with Crippen LogP contribution in [0, 0.1) is 35.0 Å². The summed E-state index contributed by atoms with van der Waals surface area (Å²) in [7, 11) is 1.63. The molecule has 2 amide bonds. The number of carbonyl (C=O) groups excluding carboxylic acids is 3. The predicted octanol–water partition coefficient (Wildman–Crippen LogP) is 5.66. The predicted molar refractivity (Wildman–Crippen MR) is 172 cm³/mol. The number of amides is 2. The Bertz CT molecular complexity index is 1540. The van der Waals surface area contributed by atoms with E-state index in [1.807, 2.05) is 45.9 Å². The van der Waals surface area contributed by atoms with Crippen LogP contribution in [0.4, 0.5) is 4.79 Å². The van der Waals surface area contributed by atoms with Crippen LogP contribution in [0.2, 0.25) is 0 Å². The van der Waals surface area contributed by atoms with E-state index >= 15 is 0 Å². The highest BCUT2D eigenvalue weighted by atomic mass is 16.6. The van der Waals surface area contributed by atoms with Gasteiger partial charge in [-0.25, -0.2) is 14.8 Å². The SMILES string of the molecule is CC[C@@H]1[C@@H]2CN(C(=O)[C@H](C(C)(C)C)NC(=O)O[C@@H]3CC4CC4[C@H]3CCCC3CC3c3nc4ccc(OC)cc4nc3O2)[C@@H]1C(C)=O. The average Bonchev–Trinajstić information content (AvgIpc) is 3.89. The Balaban J connectivity index is 1.28. The summed E-state index contributed by atoms with van der Waals surface area (Å²) >= 11 is 0. The lowest BCUT2D eigenvalue weighted by Gasteiger charge is -2.36. The Kier molecular flexibility index (Phi) is 7.91. The largest absolute Gasteiger partial charge is 0.497 e. The lowest BCUT2D eigenvalue weighted by Crippen LogP contribution is -2.57. The molecule has 4 fully saturated rings. The first-order valence-electron chi connectivity index (χ1n) is 17.3. The number of hydrogen-bond acceptors (Lipinski definition) is 8. The second-order valence-corrected chi connectivity index (χ2v) is 15.5. The fourth-order valence-corrected chi connectivity index (χ4v) is 8.84. The Morgan fingerprint density at radius 1 is 1.02 bits per heavy atom. The smallest absolute Gasteiger partial charge is 0.408 e. The van der Waals surface area contributed by atoms with Crippen molar-refractivity contribution < 1.29 is 28.6 Å². The van der Waals surface area contributed by atoms with Crippen molar-refractivity contribution in [1.29, 1.82) is 0 Å². The minimum absolute atomic E-state index is 0.0998. The Labute approximate surface area is 271 Å². The molecule has 4 unspecified atom stereocenters. The van der Waals surface area contributed by atoms with Crippen molar-refractivity contribution in [1.82, 2.24) is 20.2 Å². The summed E-state index contributed by atoms with van der Waals surface area (Å²) in [6.45, 7) is 9.55. The maximum Gasteiger partial charge on any atom is 0.408 e. The molecule has 2 bridgehead atoms. The minimum atomic E-state index is -0.873. The Hall–Kier alpha value is -3.43. The zero-order valence-electron chi connectivity index (χ0n) is 28.0. The number of nitrogens with one attached hydrogen (secondary N) is 1. The molecule has 46 heavy (non-hydrogen) atoms. The van der Waals surface area contributed by atoms with Gasteiger partial charge in [-0.05, 0) is 86.7 Å². The van der Waals surface area contributed by atoms with E-state index in [-0.39, 0.29) is 36.2 Å². The zero-order valence-corrected chi connectivity index (χ0v) is 28.0. The van der Waals surface area contributed by atoms with Gasteiger partial charge in [0.25, 0.3) is 0 Å². The highest BCUT2D eigenvalue weighted by molar-refractivity contribution is 5.92. The molecule has 3 heterocycles.